The first-order valence-corrected chi connectivity index (χ1v) is 11.0. The van der Waals surface area contributed by atoms with Crippen molar-refractivity contribution in [2.45, 2.75) is 27.7 Å². The molecule has 0 spiro atoms. The zero-order valence-corrected chi connectivity index (χ0v) is 19.0. The molecular weight excluding hydrogens is 429 g/mol. The van der Waals surface area contributed by atoms with E-state index in [4.69, 9.17) is 4.74 Å². The highest BCUT2D eigenvalue weighted by Gasteiger charge is 2.25. The van der Waals surface area contributed by atoms with Crippen molar-refractivity contribution < 1.29 is 18.7 Å². The lowest BCUT2D eigenvalue weighted by Gasteiger charge is -2.11. The molecule has 0 saturated carbocycles. The molecule has 6 nitrogen and oxygen atoms in total. The Morgan fingerprint density at radius 2 is 1.94 bits per heavy atom. The normalized spacial score (nSPS) is 11.0. The van der Waals surface area contributed by atoms with Gasteiger partial charge in [-0.05, 0) is 51.0 Å². The molecule has 164 valence electrons. The van der Waals surface area contributed by atoms with Crippen LogP contribution in [-0.4, -0.2) is 27.9 Å². The number of hydrogen-bond acceptors (Lipinski definition) is 5. The second-order valence-corrected chi connectivity index (χ2v) is 8.35. The molecular formula is C24H22FN3O3S. The zero-order valence-electron chi connectivity index (χ0n) is 18.2. The molecule has 0 unspecified atom stereocenters. The molecule has 0 bridgehead atoms. The smallest absolute Gasteiger partial charge is 0.341 e. The van der Waals surface area contributed by atoms with E-state index in [1.807, 2.05) is 37.4 Å². The van der Waals surface area contributed by atoms with Gasteiger partial charge in [-0.25, -0.2) is 14.2 Å². The number of nitrogens with one attached hydrogen (secondary N) is 1. The molecule has 4 aromatic rings. The molecule has 1 N–H and O–H groups in total. The van der Waals surface area contributed by atoms with Crippen LogP contribution in [0.25, 0.3) is 16.8 Å². The maximum absolute atomic E-state index is 13.8. The Hall–Kier alpha value is -3.52. The van der Waals surface area contributed by atoms with E-state index in [2.05, 4.69) is 10.3 Å². The molecule has 1 amide bonds. The van der Waals surface area contributed by atoms with Gasteiger partial charge in [-0.15, -0.1) is 11.3 Å². The first-order valence-electron chi connectivity index (χ1n) is 10.1. The highest BCUT2D eigenvalue weighted by Crippen LogP contribution is 2.38. The zero-order chi connectivity index (χ0) is 23.0. The summed E-state index contributed by atoms with van der Waals surface area (Å²) < 4.78 is 20.5. The van der Waals surface area contributed by atoms with Crippen LogP contribution in [0.2, 0.25) is 0 Å². The third-order valence-electron chi connectivity index (χ3n) is 5.14. The number of halogens is 1. The summed E-state index contributed by atoms with van der Waals surface area (Å²) in [5.74, 6) is -1.48. The predicted molar refractivity (Wildman–Crippen MR) is 123 cm³/mol. The highest BCUT2D eigenvalue weighted by atomic mass is 32.1. The quantitative estimate of drug-likeness (QED) is 0.404. The fourth-order valence-corrected chi connectivity index (χ4v) is 4.69. The Morgan fingerprint density at radius 3 is 2.66 bits per heavy atom. The van der Waals surface area contributed by atoms with E-state index in [0.717, 1.165) is 16.7 Å². The van der Waals surface area contributed by atoms with Gasteiger partial charge >= 0.3 is 5.97 Å². The van der Waals surface area contributed by atoms with Gasteiger partial charge in [0.1, 0.15) is 27.7 Å². The van der Waals surface area contributed by atoms with Crippen LogP contribution in [0.1, 0.15) is 44.6 Å². The molecule has 4 rings (SSSR count). The van der Waals surface area contributed by atoms with E-state index in [1.54, 1.807) is 13.8 Å². The average Bonchev–Trinajstić information content (AvgIpc) is 3.28. The summed E-state index contributed by atoms with van der Waals surface area (Å²) in [5.41, 5.74) is 5.14. The number of esters is 1. The number of nitrogens with zero attached hydrogens (tertiary/aromatic N) is 2. The molecule has 0 atom stereocenters. The number of carbonyl (C=O) groups excluding carboxylic acids is 2. The number of aromatic nitrogens is 2. The molecule has 0 aliphatic rings. The van der Waals surface area contributed by atoms with Crippen molar-refractivity contribution in [1.82, 2.24) is 9.38 Å². The van der Waals surface area contributed by atoms with Crippen LogP contribution >= 0.6 is 11.3 Å². The summed E-state index contributed by atoms with van der Waals surface area (Å²) in [7, 11) is 0. The topological polar surface area (TPSA) is 72.7 Å². The SMILES string of the molecule is CCOC(=O)c1c(-c2ccc(C)cc2C)csc1NC(=O)c1c(C)nc2ccc(F)cn12. The second kappa shape index (κ2) is 8.55. The lowest BCUT2D eigenvalue weighted by molar-refractivity contribution is 0.0529. The lowest BCUT2D eigenvalue weighted by Crippen LogP contribution is -2.17. The Morgan fingerprint density at radius 1 is 1.16 bits per heavy atom. The number of amides is 1. The van der Waals surface area contributed by atoms with Gasteiger partial charge < -0.3 is 10.1 Å². The Bertz CT molecular complexity index is 1360. The fourth-order valence-electron chi connectivity index (χ4n) is 3.74. The van der Waals surface area contributed by atoms with Crippen LogP contribution in [0, 0.1) is 26.6 Å². The number of rotatable bonds is 5. The molecule has 32 heavy (non-hydrogen) atoms. The minimum absolute atomic E-state index is 0.204. The van der Waals surface area contributed by atoms with Crippen LogP contribution in [0.5, 0.6) is 0 Å². The number of anilines is 1. The first-order chi connectivity index (χ1) is 15.3. The predicted octanol–water partition coefficient (Wildman–Crippen LogP) is 5.56. The summed E-state index contributed by atoms with van der Waals surface area (Å²) in [6.45, 7) is 7.60. The van der Waals surface area contributed by atoms with E-state index < -0.39 is 17.7 Å². The van der Waals surface area contributed by atoms with Crippen molar-refractivity contribution in [2.24, 2.45) is 0 Å². The highest BCUT2D eigenvalue weighted by molar-refractivity contribution is 7.15. The minimum atomic E-state index is -0.514. The molecule has 0 aliphatic heterocycles. The second-order valence-electron chi connectivity index (χ2n) is 7.47. The van der Waals surface area contributed by atoms with Crippen LogP contribution in [0.3, 0.4) is 0 Å². The minimum Gasteiger partial charge on any atom is -0.462 e. The van der Waals surface area contributed by atoms with Crippen molar-refractivity contribution in [2.75, 3.05) is 11.9 Å². The van der Waals surface area contributed by atoms with Crippen molar-refractivity contribution in [3.8, 4) is 11.1 Å². The van der Waals surface area contributed by atoms with E-state index in [9.17, 15) is 14.0 Å². The average molecular weight is 452 g/mol. The number of aryl methyl sites for hydroxylation is 3. The maximum Gasteiger partial charge on any atom is 0.341 e. The van der Waals surface area contributed by atoms with Crippen LogP contribution in [-0.2, 0) is 4.74 Å². The summed E-state index contributed by atoms with van der Waals surface area (Å²) >= 11 is 1.24. The molecule has 0 saturated heterocycles. The van der Waals surface area contributed by atoms with E-state index in [0.29, 0.717) is 27.5 Å². The number of benzene rings is 1. The number of fused-ring (bicyclic) bond motifs is 1. The van der Waals surface area contributed by atoms with Gasteiger partial charge in [0.05, 0.1) is 12.3 Å². The number of hydrogen-bond donors (Lipinski definition) is 1. The van der Waals surface area contributed by atoms with Crippen molar-refractivity contribution in [3.63, 3.8) is 0 Å². The van der Waals surface area contributed by atoms with Gasteiger partial charge in [-0.3, -0.25) is 9.20 Å². The Labute approximate surface area is 188 Å². The van der Waals surface area contributed by atoms with Gasteiger partial charge in [0.25, 0.3) is 5.91 Å². The number of thiophene rings is 1. The third kappa shape index (κ3) is 3.89. The monoisotopic (exact) mass is 451 g/mol. The van der Waals surface area contributed by atoms with Crippen molar-refractivity contribution >= 4 is 33.9 Å². The van der Waals surface area contributed by atoms with Gasteiger partial charge in [-0.1, -0.05) is 23.8 Å². The van der Waals surface area contributed by atoms with Gasteiger partial charge in [0.2, 0.25) is 0 Å². The van der Waals surface area contributed by atoms with Crippen LogP contribution in [0.4, 0.5) is 9.39 Å². The summed E-state index contributed by atoms with van der Waals surface area (Å²) in [4.78, 5) is 30.4. The van der Waals surface area contributed by atoms with Crippen molar-refractivity contribution in [1.29, 1.82) is 0 Å². The molecule has 1 aromatic carbocycles. The largest absolute Gasteiger partial charge is 0.462 e. The molecule has 3 aromatic heterocycles. The van der Waals surface area contributed by atoms with Crippen LogP contribution < -0.4 is 5.32 Å². The Balaban J connectivity index is 1.78. The van der Waals surface area contributed by atoms with Crippen LogP contribution in [0.15, 0.2) is 41.9 Å². The lowest BCUT2D eigenvalue weighted by atomic mass is 9.97. The van der Waals surface area contributed by atoms with E-state index in [1.165, 1.54) is 34.1 Å². The molecule has 0 aliphatic carbocycles. The Kier molecular flexibility index (Phi) is 5.80. The van der Waals surface area contributed by atoms with Gasteiger partial charge in [-0.2, -0.15) is 0 Å². The number of ether oxygens (including phenoxy) is 1. The molecule has 0 fully saturated rings. The van der Waals surface area contributed by atoms with Gasteiger partial charge in [0.15, 0.2) is 0 Å². The number of imidazole rings is 1. The molecule has 8 heteroatoms. The van der Waals surface area contributed by atoms with Gasteiger partial charge in [0, 0.05) is 17.1 Å². The summed E-state index contributed by atoms with van der Waals surface area (Å²) in [6.07, 6.45) is 1.21. The molecule has 0 radical (unpaired) electrons. The fraction of sp³-hybridized carbons (Fsp3) is 0.208. The third-order valence-corrected chi connectivity index (χ3v) is 6.04. The maximum atomic E-state index is 13.8. The summed E-state index contributed by atoms with van der Waals surface area (Å²) in [5, 5.41) is 5.02. The standard InChI is InChI=1S/C24H22FN3O3S/c1-5-31-24(30)20-18(17-8-6-13(2)10-14(17)3)12-32-23(20)27-22(29)21-15(4)26-19-9-7-16(25)11-28(19)21/h6-12H,5H2,1-4H3,(H,27,29). The van der Waals surface area contributed by atoms with Crippen molar-refractivity contribution in [3.05, 3.63) is 75.8 Å². The molecule has 3 heterocycles. The summed E-state index contributed by atoms with van der Waals surface area (Å²) in [6, 6.07) is 8.77. The first kappa shape index (κ1) is 21.7. The van der Waals surface area contributed by atoms with E-state index in [-0.39, 0.29) is 12.3 Å². The number of pyridine rings is 1. The number of carbonyl (C=O) groups is 2. The van der Waals surface area contributed by atoms with E-state index >= 15 is 0 Å².